The van der Waals surface area contributed by atoms with Crippen molar-refractivity contribution >= 4 is 17.3 Å². The Morgan fingerprint density at radius 2 is 1.90 bits per heavy atom. The third-order valence-corrected chi connectivity index (χ3v) is 5.51. The van der Waals surface area contributed by atoms with Gasteiger partial charge >= 0.3 is 0 Å². The van der Waals surface area contributed by atoms with Crippen molar-refractivity contribution in [2.75, 3.05) is 6.61 Å². The minimum absolute atomic E-state index is 0.0850. The second kappa shape index (κ2) is 7.67. The summed E-state index contributed by atoms with van der Waals surface area (Å²) in [6, 6.07) is 19.9. The number of hydrazine groups is 1. The van der Waals surface area contributed by atoms with E-state index in [-0.39, 0.29) is 11.9 Å². The molecule has 6 heteroatoms. The molecule has 0 saturated carbocycles. The lowest BCUT2D eigenvalue weighted by molar-refractivity contribution is -0.0345. The topological polar surface area (TPSA) is 33.7 Å². The highest BCUT2D eigenvalue weighted by Gasteiger charge is 2.41. The first-order valence-electron chi connectivity index (χ1n) is 9.84. The van der Waals surface area contributed by atoms with Gasteiger partial charge in [-0.3, -0.25) is 0 Å². The molecule has 0 fully saturated rings. The lowest BCUT2D eigenvalue weighted by Crippen LogP contribution is -2.43. The quantitative estimate of drug-likeness (QED) is 0.570. The summed E-state index contributed by atoms with van der Waals surface area (Å²) >= 11 is 6.26. The molecular weight excluding hydrogens is 403 g/mol. The molecule has 30 heavy (non-hydrogen) atoms. The molecule has 2 unspecified atom stereocenters. The number of benzene rings is 3. The summed E-state index contributed by atoms with van der Waals surface area (Å²) in [5.41, 5.74) is 7.17. The molecule has 0 radical (unpaired) electrons. The molecule has 0 amide bonds. The van der Waals surface area contributed by atoms with E-state index in [2.05, 4.69) is 11.5 Å². The first-order valence-corrected chi connectivity index (χ1v) is 10.2. The van der Waals surface area contributed by atoms with E-state index in [4.69, 9.17) is 21.1 Å². The Morgan fingerprint density at radius 3 is 2.67 bits per heavy atom. The maximum atomic E-state index is 13.4. The van der Waals surface area contributed by atoms with Gasteiger partial charge in [0.05, 0.1) is 18.3 Å². The van der Waals surface area contributed by atoms with Crippen molar-refractivity contribution in [3.05, 3.63) is 100 Å². The minimum atomic E-state index is -0.419. The van der Waals surface area contributed by atoms with Gasteiger partial charge in [-0.05, 0) is 61.0 Å². The van der Waals surface area contributed by atoms with Crippen LogP contribution in [0.5, 0.6) is 11.5 Å². The van der Waals surface area contributed by atoms with Gasteiger partial charge in [-0.2, -0.15) is 5.01 Å². The summed E-state index contributed by atoms with van der Waals surface area (Å²) in [6.45, 7) is 2.50. The molecule has 3 aromatic rings. The molecule has 5 rings (SSSR count). The third-order valence-electron chi connectivity index (χ3n) is 5.27. The van der Waals surface area contributed by atoms with E-state index in [1.165, 1.54) is 12.1 Å². The molecule has 2 aliphatic heterocycles. The maximum absolute atomic E-state index is 13.4. The number of para-hydroxylation sites is 1. The molecule has 2 atom stereocenters. The summed E-state index contributed by atoms with van der Waals surface area (Å²) in [7, 11) is 0. The largest absolute Gasteiger partial charge is 0.490 e. The Morgan fingerprint density at radius 1 is 1.10 bits per heavy atom. The van der Waals surface area contributed by atoms with Crippen molar-refractivity contribution in [1.82, 2.24) is 10.4 Å². The Hall–Kier alpha value is -3.02. The summed E-state index contributed by atoms with van der Waals surface area (Å²) in [4.78, 5) is 0. The Kier molecular flexibility index (Phi) is 4.85. The van der Waals surface area contributed by atoms with E-state index < -0.39 is 6.23 Å². The van der Waals surface area contributed by atoms with E-state index in [1.54, 1.807) is 12.1 Å². The average Bonchev–Trinajstić information content (AvgIpc) is 3.20. The number of fused-ring (bicyclic) bond motifs is 3. The van der Waals surface area contributed by atoms with Crippen LogP contribution in [0, 0.1) is 5.82 Å². The van der Waals surface area contributed by atoms with Gasteiger partial charge in [0.25, 0.3) is 0 Å². The second-order valence-corrected chi connectivity index (χ2v) is 7.62. The zero-order valence-corrected chi connectivity index (χ0v) is 17.1. The van der Waals surface area contributed by atoms with Crippen LogP contribution in [-0.4, -0.2) is 11.6 Å². The van der Waals surface area contributed by atoms with Crippen molar-refractivity contribution in [2.24, 2.45) is 0 Å². The molecule has 2 aliphatic rings. The van der Waals surface area contributed by atoms with Gasteiger partial charge in [0.15, 0.2) is 17.7 Å². The van der Waals surface area contributed by atoms with Gasteiger partial charge < -0.3 is 14.9 Å². The van der Waals surface area contributed by atoms with Crippen LogP contribution in [0.4, 0.5) is 4.39 Å². The summed E-state index contributed by atoms with van der Waals surface area (Å²) in [6.07, 6.45) is 1.71. The van der Waals surface area contributed by atoms with Crippen molar-refractivity contribution in [2.45, 2.75) is 19.2 Å². The average molecular weight is 423 g/mol. The van der Waals surface area contributed by atoms with Crippen LogP contribution in [0.3, 0.4) is 0 Å². The first kappa shape index (κ1) is 19.0. The van der Waals surface area contributed by atoms with Crippen molar-refractivity contribution in [3.8, 4) is 11.5 Å². The van der Waals surface area contributed by atoms with Crippen LogP contribution in [0.2, 0.25) is 5.02 Å². The Balaban J connectivity index is 1.61. The normalized spacial score (nSPS) is 19.9. The van der Waals surface area contributed by atoms with E-state index >= 15 is 0 Å². The SMILES string of the molecule is CCOc1cccc2c1OC(c1cccc(Cl)c1)N1NC(c3ccc(F)cc3)=CC21. The molecule has 4 nitrogen and oxygen atoms in total. The van der Waals surface area contributed by atoms with Crippen LogP contribution >= 0.6 is 11.6 Å². The number of rotatable bonds is 4. The van der Waals surface area contributed by atoms with Crippen molar-refractivity contribution in [3.63, 3.8) is 0 Å². The van der Waals surface area contributed by atoms with Crippen LogP contribution in [0.25, 0.3) is 5.70 Å². The maximum Gasteiger partial charge on any atom is 0.196 e. The molecule has 152 valence electrons. The van der Waals surface area contributed by atoms with Crippen LogP contribution in [0.15, 0.2) is 72.8 Å². The number of nitrogens with zero attached hydrogens (tertiary/aromatic N) is 1. The molecular formula is C24H20ClFN2O2. The molecule has 3 aromatic carbocycles. The Bertz CT molecular complexity index is 1120. The fraction of sp³-hybridized carbons (Fsp3) is 0.167. The van der Waals surface area contributed by atoms with Crippen molar-refractivity contribution < 1.29 is 13.9 Å². The Labute approximate surface area is 179 Å². The third kappa shape index (κ3) is 3.30. The number of hydrogen-bond acceptors (Lipinski definition) is 4. The number of ether oxygens (including phenoxy) is 2. The van der Waals surface area contributed by atoms with Crippen molar-refractivity contribution in [1.29, 1.82) is 0 Å². The van der Waals surface area contributed by atoms with E-state index in [1.807, 2.05) is 54.4 Å². The zero-order chi connectivity index (χ0) is 20.7. The minimum Gasteiger partial charge on any atom is -0.490 e. The highest BCUT2D eigenvalue weighted by molar-refractivity contribution is 6.30. The van der Waals surface area contributed by atoms with Gasteiger partial charge in [0.2, 0.25) is 0 Å². The lowest BCUT2D eigenvalue weighted by atomic mass is 10.00. The molecule has 0 saturated heterocycles. The molecule has 0 aromatic heterocycles. The number of halogens is 2. The smallest absolute Gasteiger partial charge is 0.196 e. The summed E-state index contributed by atoms with van der Waals surface area (Å²) in [5.74, 6) is 1.18. The van der Waals surface area contributed by atoms with Gasteiger partial charge in [-0.15, -0.1) is 0 Å². The van der Waals surface area contributed by atoms with E-state index in [9.17, 15) is 4.39 Å². The van der Waals surface area contributed by atoms with Gasteiger partial charge in [-0.25, -0.2) is 4.39 Å². The standard InChI is InChI=1S/C24H20ClFN2O2/c1-2-29-22-8-4-7-19-21-14-20(15-9-11-18(26)12-10-15)27-28(21)24(30-23(19)22)16-5-3-6-17(25)13-16/h3-14,21,24,27H,2H2,1H3. The van der Waals surface area contributed by atoms with Gasteiger partial charge in [0, 0.05) is 16.1 Å². The van der Waals surface area contributed by atoms with Gasteiger partial charge in [0.1, 0.15) is 5.82 Å². The molecule has 0 bridgehead atoms. The number of nitrogens with one attached hydrogen (secondary N) is 1. The fourth-order valence-electron chi connectivity index (χ4n) is 3.94. The van der Waals surface area contributed by atoms with E-state index in [0.29, 0.717) is 17.4 Å². The number of hydrogen-bond donors (Lipinski definition) is 1. The van der Waals surface area contributed by atoms with Crippen LogP contribution in [0.1, 0.15) is 35.9 Å². The predicted molar refractivity (Wildman–Crippen MR) is 115 cm³/mol. The molecule has 1 N–H and O–H groups in total. The first-order chi connectivity index (χ1) is 14.6. The molecule has 0 aliphatic carbocycles. The highest BCUT2D eigenvalue weighted by atomic mass is 35.5. The highest BCUT2D eigenvalue weighted by Crippen LogP contribution is 2.49. The zero-order valence-electron chi connectivity index (χ0n) is 16.3. The monoisotopic (exact) mass is 422 g/mol. The van der Waals surface area contributed by atoms with E-state index in [0.717, 1.165) is 28.1 Å². The fourth-order valence-corrected chi connectivity index (χ4v) is 4.14. The van der Waals surface area contributed by atoms with Crippen LogP contribution < -0.4 is 14.9 Å². The lowest BCUT2D eigenvalue weighted by Gasteiger charge is -2.39. The predicted octanol–water partition coefficient (Wildman–Crippen LogP) is 5.87. The van der Waals surface area contributed by atoms with Crippen LogP contribution in [-0.2, 0) is 0 Å². The summed E-state index contributed by atoms with van der Waals surface area (Å²) < 4.78 is 25.7. The van der Waals surface area contributed by atoms with Gasteiger partial charge in [-0.1, -0.05) is 35.9 Å². The molecule has 0 spiro atoms. The second-order valence-electron chi connectivity index (χ2n) is 7.18. The molecule has 2 heterocycles. The summed E-state index contributed by atoms with van der Waals surface area (Å²) in [5, 5.41) is 2.69.